The first-order chi connectivity index (χ1) is 12.3. The average molecular weight is 365 g/mol. The van der Waals surface area contributed by atoms with Gasteiger partial charge in [0.15, 0.2) is 5.92 Å². The predicted molar refractivity (Wildman–Crippen MR) is 87.5 cm³/mol. The number of hydrogen-bond donors (Lipinski definition) is 2. The molecule has 0 aliphatic heterocycles. The Hall–Kier alpha value is -3.23. The molecule has 0 saturated carbocycles. The summed E-state index contributed by atoms with van der Waals surface area (Å²) in [6.07, 6.45) is 0.957. The smallest absolute Gasteiger partial charge is 0.341 e. The number of benzene rings is 1. The van der Waals surface area contributed by atoms with E-state index in [4.69, 9.17) is 14.6 Å². The molecule has 2 rings (SSSR count). The molecule has 1 aromatic carbocycles. The molecule has 0 spiro atoms. The summed E-state index contributed by atoms with van der Waals surface area (Å²) in [6, 6.07) is 1.87. The lowest BCUT2D eigenvalue weighted by Gasteiger charge is -2.16. The summed E-state index contributed by atoms with van der Waals surface area (Å²) in [5, 5.41) is 8.74. The Bertz CT molecular complexity index is 917. The monoisotopic (exact) mass is 365 g/mol. The number of hydrogen-bond acceptors (Lipinski definition) is 6. The van der Waals surface area contributed by atoms with Crippen LogP contribution in [-0.4, -0.2) is 41.2 Å². The van der Waals surface area contributed by atoms with Crippen LogP contribution in [0.2, 0.25) is 0 Å². The summed E-state index contributed by atoms with van der Waals surface area (Å²) in [4.78, 5) is 49.9. The summed E-state index contributed by atoms with van der Waals surface area (Å²) in [5.74, 6) is -6.14. The first-order valence-corrected chi connectivity index (χ1v) is 7.73. The maximum absolute atomic E-state index is 14.6. The Labute approximate surface area is 146 Å². The molecule has 138 valence electrons. The highest BCUT2D eigenvalue weighted by molar-refractivity contribution is 6.02. The van der Waals surface area contributed by atoms with E-state index in [2.05, 4.69) is 4.98 Å². The van der Waals surface area contributed by atoms with E-state index in [1.54, 1.807) is 0 Å². The molecule has 1 aromatic heterocycles. The van der Waals surface area contributed by atoms with Gasteiger partial charge in [-0.15, -0.1) is 0 Å². The van der Waals surface area contributed by atoms with E-state index < -0.39 is 40.6 Å². The molecule has 9 heteroatoms. The number of pyridine rings is 1. The van der Waals surface area contributed by atoms with E-state index in [1.807, 2.05) is 0 Å². The Balaban J connectivity index is 2.66. The molecule has 2 N–H and O–H groups in total. The number of carboxylic acids is 1. The topological polar surface area (TPSA) is 123 Å². The number of ether oxygens (including phenoxy) is 2. The van der Waals surface area contributed by atoms with Crippen LogP contribution >= 0.6 is 0 Å². The van der Waals surface area contributed by atoms with E-state index in [0.29, 0.717) is 0 Å². The fraction of sp³-hybridized carbons (Fsp3) is 0.294. The lowest BCUT2D eigenvalue weighted by Crippen LogP contribution is -2.27. The van der Waals surface area contributed by atoms with E-state index >= 15 is 0 Å². The van der Waals surface area contributed by atoms with Gasteiger partial charge < -0.3 is 19.6 Å². The maximum Gasteiger partial charge on any atom is 0.341 e. The van der Waals surface area contributed by atoms with Crippen molar-refractivity contribution in [3.05, 3.63) is 45.5 Å². The van der Waals surface area contributed by atoms with Crippen molar-refractivity contribution >= 4 is 28.8 Å². The van der Waals surface area contributed by atoms with Crippen LogP contribution in [0.4, 0.5) is 4.39 Å². The van der Waals surface area contributed by atoms with Gasteiger partial charge in [0.25, 0.3) is 0 Å². The molecule has 0 atom stereocenters. The van der Waals surface area contributed by atoms with Gasteiger partial charge in [-0.25, -0.2) is 9.18 Å². The highest BCUT2D eigenvalue weighted by atomic mass is 19.1. The minimum Gasteiger partial charge on any atom is -0.477 e. The number of esters is 2. The summed E-state index contributed by atoms with van der Waals surface area (Å²) in [7, 11) is 0. The summed E-state index contributed by atoms with van der Waals surface area (Å²) >= 11 is 0. The van der Waals surface area contributed by atoms with Crippen LogP contribution in [0.5, 0.6) is 0 Å². The Morgan fingerprint density at radius 2 is 1.73 bits per heavy atom. The number of aromatic amines is 1. The van der Waals surface area contributed by atoms with E-state index in [9.17, 15) is 23.6 Å². The van der Waals surface area contributed by atoms with Gasteiger partial charge in [-0.2, -0.15) is 0 Å². The van der Waals surface area contributed by atoms with Crippen molar-refractivity contribution in [3.63, 3.8) is 0 Å². The molecule has 2 aromatic rings. The Morgan fingerprint density at radius 3 is 2.23 bits per heavy atom. The van der Waals surface area contributed by atoms with Crippen molar-refractivity contribution in [2.24, 2.45) is 0 Å². The summed E-state index contributed by atoms with van der Waals surface area (Å²) in [5.41, 5.74) is -1.72. The van der Waals surface area contributed by atoms with Gasteiger partial charge in [0, 0.05) is 22.7 Å². The lowest BCUT2D eigenvalue weighted by atomic mass is 9.96. The van der Waals surface area contributed by atoms with Crippen LogP contribution in [0.25, 0.3) is 10.9 Å². The third kappa shape index (κ3) is 3.56. The molecule has 0 bridgehead atoms. The fourth-order valence-electron chi connectivity index (χ4n) is 2.44. The van der Waals surface area contributed by atoms with E-state index in [1.165, 1.54) is 13.8 Å². The number of rotatable bonds is 6. The number of carbonyl (C=O) groups excluding carboxylic acids is 2. The number of carbonyl (C=O) groups is 3. The molecule has 0 amide bonds. The number of fused-ring (bicyclic) bond motifs is 1. The minimum atomic E-state index is -1.66. The molecule has 0 aliphatic carbocycles. The first kappa shape index (κ1) is 19.1. The molecule has 0 saturated heterocycles. The van der Waals surface area contributed by atoms with Gasteiger partial charge in [0.1, 0.15) is 11.4 Å². The number of nitrogens with one attached hydrogen (secondary N) is 1. The highest BCUT2D eigenvalue weighted by Crippen LogP contribution is 2.26. The quantitative estimate of drug-likeness (QED) is 0.588. The normalized spacial score (nSPS) is 10.8. The van der Waals surface area contributed by atoms with Crippen molar-refractivity contribution in [1.82, 2.24) is 4.98 Å². The number of carboxylic acid groups (broad SMARTS) is 1. The van der Waals surface area contributed by atoms with Crippen molar-refractivity contribution in [3.8, 4) is 0 Å². The van der Waals surface area contributed by atoms with Crippen LogP contribution in [0.1, 0.15) is 35.7 Å². The van der Waals surface area contributed by atoms with Crippen LogP contribution < -0.4 is 5.43 Å². The van der Waals surface area contributed by atoms with Crippen molar-refractivity contribution < 1.29 is 33.4 Å². The van der Waals surface area contributed by atoms with Crippen molar-refractivity contribution in [2.75, 3.05) is 13.2 Å². The number of aromatic nitrogens is 1. The maximum atomic E-state index is 14.6. The van der Waals surface area contributed by atoms with Crippen molar-refractivity contribution in [1.29, 1.82) is 0 Å². The number of H-pyrrole nitrogens is 1. The SMILES string of the molecule is CCOC(=O)C(C(=O)OCC)c1cc2[nH]cc(C(=O)O)c(=O)c2cc1F. The molecular weight excluding hydrogens is 349 g/mol. The van der Waals surface area contributed by atoms with Gasteiger partial charge in [-0.3, -0.25) is 14.4 Å². The van der Waals surface area contributed by atoms with E-state index in [0.717, 1.165) is 18.3 Å². The molecule has 0 unspecified atom stereocenters. The van der Waals surface area contributed by atoms with Gasteiger partial charge in [0.2, 0.25) is 5.43 Å². The molecular formula is C17H16FNO7. The number of halogens is 1. The Morgan fingerprint density at radius 1 is 1.15 bits per heavy atom. The largest absolute Gasteiger partial charge is 0.477 e. The second-order valence-corrected chi connectivity index (χ2v) is 5.19. The molecule has 8 nitrogen and oxygen atoms in total. The molecule has 0 aliphatic rings. The molecule has 26 heavy (non-hydrogen) atoms. The zero-order chi connectivity index (χ0) is 19.4. The summed E-state index contributed by atoms with van der Waals surface area (Å²) < 4.78 is 24.2. The minimum absolute atomic E-state index is 0.0251. The zero-order valence-electron chi connectivity index (χ0n) is 14.0. The van der Waals surface area contributed by atoms with Crippen molar-refractivity contribution in [2.45, 2.75) is 19.8 Å². The van der Waals surface area contributed by atoms with Gasteiger partial charge in [-0.1, -0.05) is 0 Å². The third-order valence-electron chi connectivity index (χ3n) is 3.58. The molecule has 0 fully saturated rings. The Kier molecular flexibility index (Phi) is 5.71. The standard InChI is InChI=1S/C17H16FNO7/c1-3-25-16(23)13(17(24)26-4-2)8-6-12-9(5-11(8)18)14(20)10(7-19-12)15(21)22/h5-7,13H,3-4H2,1-2H3,(H,19,20)(H,21,22). The fourth-order valence-corrected chi connectivity index (χ4v) is 2.44. The van der Waals surface area contributed by atoms with Crippen LogP contribution in [0.15, 0.2) is 23.1 Å². The van der Waals surface area contributed by atoms with Gasteiger partial charge in [0.05, 0.1) is 13.2 Å². The third-order valence-corrected chi connectivity index (χ3v) is 3.58. The van der Waals surface area contributed by atoms with Gasteiger partial charge in [-0.05, 0) is 26.0 Å². The van der Waals surface area contributed by atoms with Crippen LogP contribution in [0, 0.1) is 5.82 Å². The lowest BCUT2D eigenvalue weighted by molar-refractivity contribution is -0.157. The molecule has 0 radical (unpaired) electrons. The van der Waals surface area contributed by atoms with Crippen LogP contribution in [0.3, 0.4) is 0 Å². The average Bonchev–Trinajstić information content (AvgIpc) is 2.57. The highest BCUT2D eigenvalue weighted by Gasteiger charge is 2.34. The van der Waals surface area contributed by atoms with Crippen LogP contribution in [-0.2, 0) is 19.1 Å². The molecule has 1 heterocycles. The second-order valence-electron chi connectivity index (χ2n) is 5.19. The van der Waals surface area contributed by atoms with Gasteiger partial charge >= 0.3 is 17.9 Å². The zero-order valence-corrected chi connectivity index (χ0v) is 14.0. The first-order valence-electron chi connectivity index (χ1n) is 7.73. The second kappa shape index (κ2) is 7.77. The predicted octanol–water partition coefficient (Wildman–Crippen LogP) is 1.58. The number of aromatic carboxylic acids is 1. The van der Waals surface area contributed by atoms with E-state index in [-0.39, 0.29) is 29.7 Å². The summed E-state index contributed by atoms with van der Waals surface area (Å²) in [6.45, 7) is 3.01.